The molecule has 8 nitrogen and oxygen atoms in total. The molecular weight excluding hydrogens is 358 g/mol. The van der Waals surface area contributed by atoms with E-state index < -0.39 is 18.0 Å². The van der Waals surface area contributed by atoms with Crippen LogP contribution in [0.1, 0.15) is 34.0 Å². The van der Waals surface area contributed by atoms with Gasteiger partial charge in [0, 0.05) is 5.69 Å². The van der Waals surface area contributed by atoms with Crippen LogP contribution in [0.4, 0.5) is 5.69 Å². The second-order valence-corrected chi connectivity index (χ2v) is 6.58. The van der Waals surface area contributed by atoms with Crippen LogP contribution in [0, 0.1) is 20.8 Å². The predicted molar refractivity (Wildman–Crippen MR) is 103 cm³/mol. The Bertz CT molecular complexity index is 991. The molecule has 0 bridgehead atoms. The maximum atomic E-state index is 12.6. The number of benzene rings is 2. The number of ether oxygens (including phenoxy) is 1. The zero-order valence-electron chi connectivity index (χ0n) is 16.1. The largest absolute Gasteiger partial charge is 0.449 e. The van der Waals surface area contributed by atoms with Crippen LogP contribution in [0.2, 0.25) is 0 Å². The Kier molecular flexibility index (Phi) is 5.49. The van der Waals surface area contributed by atoms with Crippen molar-refractivity contribution in [3.8, 4) is 5.69 Å². The molecule has 1 N–H and O–H groups in total. The Labute approximate surface area is 162 Å². The Balaban J connectivity index is 1.74. The van der Waals surface area contributed by atoms with Crippen LogP contribution in [-0.4, -0.2) is 38.2 Å². The number of anilines is 1. The fourth-order valence-electron chi connectivity index (χ4n) is 3.00. The number of para-hydroxylation sites is 1. The van der Waals surface area contributed by atoms with Crippen molar-refractivity contribution in [2.24, 2.45) is 0 Å². The number of aryl methyl sites for hydroxylation is 3. The highest BCUT2D eigenvalue weighted by molar-refractivity contribution is 5.99. The van der Waals surface area contributed by atoms with Gasteiger partial charge in [0.05, 0.1) is 11.3 Å². The van der Waals surface area contributed by atoms with Gasteiger partial charge in [0.25, 0.3) is 5.91 Å². The lowest BCUT2D eigenvalue weighted by molar-refractivity contribution is -0.123. The van der Waals surface area contributed by atoms with Gasteiger partial charge in [0.1, 0.15) is 6.33 Å². The molecule has 0 saturated heterocycles. The summed E-state index contributed by atoms with van der Waals surface area (Å²) in [4.78, 5) is 25.2. The molecule has 8 heteroatoms. The lowest BCUT2D eigenvalue weighted by Crippen LogP contribution is -2.30. The van der Waals surface area contributed by atoms with E-state index in [9.17, 15) is 9.59 Å². The topological polar surface area (TPSA) is 99.0 Å². The van der Waals surface area contributed by atoms with E-state index >= 15 is 0 Å². The predicted octanol–water partition coefficient (Wildman–Crippen LogP) is 2.77. The first kappa shape index (κ1) is 19.2. The van der Waals surface area contributed by atoms with Crippen LogP contribution in [0.15, 0.2) is 42.7 Å². The first-order valence-corrected chi connectivity index (χ1v) is 8.79. The highest BCUT2D eigenvalue weighted by Gasteiger charge is 2.22. The molecule has 1 amide bonds. The first-order chi connectivity index (χ1) is 13.4. The van der Waals surface area contributed by atoms with Gasteiger partial charge in [-0.3, -0.25) is 4.79 Å². The fraction of sp³-hybridized carbons (Fsp3) is 0.250. The number of amides is 1. The van der Waals surface area contributed by atoms with E-state index in [4.69, 9.17) is 4.74 Å². The van der Waals surface area contributed by atoms with Crippen molar-refractivity contribution < 1.29 is 14.3 Å². The number of hydrogen-bond acceptors (Lipinski definition) is 6. The second-order valence-electron chi connectivity index (χ2n) is 6.58. The van der Waals surface area contributed by atoms with E-state index in [1.807, 2.05) is 32.9 Å². The molecule has 0 saturated carbocycles. The summed E-state index contributed by atoms with van der Waals surface area (Å²) in [7, 11) is 0. The standard InChI is InChI=1S/C20H21N5O3/c1-12-9-13(2)18(14(3)10-12)22-19(26)15(4)28-20(27)16-7-5-6-8-17(16)25-11-21-23-24-25/h5-11,15H,1-4H3,(H,22,26)/t15-/m0/s1. The zero-order chi connectivity index (χ0) is 20.3. The van der Waals surface area contributed by atoms with Crippen molar-refractivity contribution in [2.75, 3.05) is 5.32 Å². The summed E-state index contributed by atoms with van der Waals surface area (Å²) in [6.45, 7) is 7.38. The minimum atomic E-state index is -0.977. The van der Waals surface area contributed by atoms with Gasteiger partial charge in [-0.2, -0.15) is 4.68 Å². The molecule has 0 aliphatic carbocycles. The summed E-state index contributed by atoms with van der Waals surface area (Å²) >= 11 is 0. The average molecular weight is 379 g/mol. The van der Waals surface area contributed by atoms with Crippen LogP contribution >= 0.6 is 0 Å². The van der Waals surface area contributed by atoms with Crippen molar-refractivity contribution in [3.05, 3.63) is 65.0 Å². The van der Waals surface area contributed by atoms with E-state index in [0.717, 1.165) is 22.4 Å². The zero-order valence-corrected chi connectivity index (χ0v) is 16.1. The van der Waals surface area contributed by atoms with Crippen molar-refractivity contribution in [1.82, 2.24) is 20.2 Å². The van der Waals surface area contributed by atoms with E-state index in [0.29, 0.717) is 5.69 Å². The number of esters is 1. The third kappa shape index (κ3) is 4.06. The van der Waals surface area contributed by atoms with Gasteiger partial charge in [-0.1, -0.05) is 29.8 Å². The quantitative estimate of drug-likeness (QED) is 0.685. The maximum absolute atomic E-state index is 12.6. The van der Waals surface area contributed by atoms with Crippen LogP contribution < -0.4 is 5.32 Å². The van der Waals surface area contributed by atoms with Gasteiger partial charge in [-0.15, -0.1) is 5.10 Å². The smallest absolute Gasteiger partial charge is 0.341 e. The van der Waals surface area contributed by atoms with Crippen molar-refractivity contribution in [1.29, 1.82) is 0 Å². The molecule has 1 atom stereocenters. The summed E-state index contributed by atoms with van der Waals surface area (Å²) in [5.41, 5.74) is 4.48. The van der Waals surface area contributed by atoms with E-state index in [-0.39, 0.29) is 5.56 Å². The Morgan fingerprint density at radius 1 is 1.11 bits per heavy atom. The second kappa shape index (κ2) is 7.99. The minimum absolute atomic E-state index is 0.261. The van der Waals surface area contributed by atoms with Gasteiger partial charge in [-0.05, 0) is 61.4 Å². The number of tetrazole rings is 1. The average Bonchev–Trinajstić information content (AvgIpc) is 3.19. The molecule has 2 aromatic carbocycles. The van der Waals surface area contributed by atoms with E-state index in [1.54, 1.807) is 24.3 Å². The molecule has 0 aliphatic heterocycles. The number of carbonyl (C=O) groups is 2. The SMILES string of the molecule is Cc1cc(C)c(NC(=O)[C@H](C)OC(=O)c2ccccc2-n2cnnn2)c(C)c1. The summed E-state index contributed by atoms with van der Waals surface area (Å²) in [5.74, 6) is -1.03. The fourth-order valence-corrected chi connectivity index (χ4v) is 3.00. The number of nitrogens with one attached hydrogen (secondary N) is 1. The number of hydrogen-bond donors (Lipinski definition) is 1. The molecule has 0 aliphatic rings. The molecular formula is C20H21N5O3. The number of nitrogens with zero attached hydrogens (tertiary/aromatic N) is 4. The molecule has 1 heterocycles. The maximum Gasteiger partial charge on any atom is 0.341 e. The highest BCUT2D eigenvalue weighted by Crippen LogP contribution is 2.22. The Hall–Kier alpha value is -3.55. The number of rotatable bonds is 5. The number of carbonyl (C=O) groups excluding carboxylic acids is 2. The molecule has 3 aromatic rings. The van der Waals surface area contributed by atoms with Crippen molar-refractivity contribution >= 4 is 17.6 Å². The summed E-state index contributed by atoms with van der Waals surface area (Å²) < 4.78 is 6.74. The number of aromatic nitrogens is 4. The van der Waals surface area contributed by atoms with Crippen LogP contribution in [0.25, 0.3) is 5.69 Å². The molecule has 144 valence electrons. The minimum Gasteiger partial charge on any atom is -0.449 e. The summed E-state index contributed by atoms with van der Waals surface area (Å²) in [6.07, 6.45) is 0.403. The third-order valence-corrected chi connectivity index (χ3v) is 4.30. The normalized spacial score (nSPS) is 11.7. The van der Waals surface area contributed by atoms with Crippen molar-refractivity contribution in [2.45, 2.75) is 33.8 Å². The van der Waals surface area contributed by atoms with Crippen molar-refractivity contribution in [3.63, 3.8) is 0 Å². The molecule has 3 rings (SSSR count). The molecule has 0 spiro atoms. The highest BCUT2D eigenvalue weighted by atomic mass is 16.5. The van der Waals surface area contributed by atoms with Gasteiger partial charge >= 0.3 is 5.97 Å². The first-order valence-electron chi connectivity index (χ1n) is 8.79. The van der Waals surface area contributed by atoms with Crippen LogP contribution in [0.5, 0.6) is 0 Å². The monoisotopic (exact) mass is 379 g/mol. The lowest BCUT2D eigenvalue weighted by Gasteiger charge is -2.17. The third-order valence-electron chi connectivity index (χ3n) is 4.30. The van der Waals surface area contributed by atoms with Crippen LogP contribution in [-0.2, 0) is 9.53 Å². The molecule has 0 unspecified atom stereocenters. The lowest BCUT2D eigenvalue weighted by atomic mass is 10.0. The molecule has 28 heavy (non-hydrogen) atoms. The van der Waals surface area contributed by atoms with Gasteiger partial charge in [0.2, 0.25) is 0 Å². The van der Waals surface area contributed by atoms with E-state index in [2.05, 4.69) is 20.8 Å². The Morgan fingerprint density at radius 3 is 2.43 bits per heavy atom. The molecule has 1 aromatic heterocycles. The van der Waals surface area contributed by atoms with Gasteiger partial charge in [0.15, 0.2) is 6.10 Å². The summed E-state index contributed by atoms with van der Waals surface area (Å²) in [6, 6.07) is 10.7. The van der Waals surface area contributed by atoms with Gasteiger partial charge < -0.3 is 10.1 Å². The summed E-state index contributed by atoms with van der Waals surface area (Å²) in [5, 5.41) is 13.8. The van der Waals surface area contributed by atoms with Crippen LogP contribution in [0.3, 0.4) is 0 Å². The van der Waals surface area contributed by atoms with E-state index in [1.165, 1.54) is 17.9 Å². The molecule has 0 fully saturated rings. The van der Waals surface area contributed by atoms with Gasteiger partial charge in [-0.25, -0.2) is 4.79 Å². The molecule has 0 radical (unpaired) electrons. The Morgan fingerprint density at radius 2 is 1.79 bits per heavy atom.